The molecule has 0 bridgehead atoms. The van der Waals surface area contributed by atoms with Crippen LogP contribution < -0.4 is 4.74 Å². The number of carboxylic acid groups (broad SMARTS) is 1. The number of rotatable bonds is 6. The SMILES string of the molecule is Cc1[nH]nc(-c2ccc(OCCC(C)C)c(Br)c2)c1C(=O)O. The van der Waals surface area contributed by atoms with Crippen LogP contribution in [0.5, 0.6) is 5.75 Å². The molecular formula is C16H19BrN2O3. The summed E-state index contributed by atoms with van der Waals surface area (Å²) in [4.78, 5) is 11.3. The summed E-state index contributed by atoms with van der Waals surface area (Å²) in [6, 6.07) is 5.47. The summed E-state index contributed by atoms with van der Waals surface area (Å²) in [6.45, 7) is 6.64. The molecule has 0 unspecified atom stereocenters. The van der Waals surface area contributed by atoms with Gasteiger partial charge in [-0.1, -0.05) is 13.8 Å². The molecule has 0 spiro atoms. The van der Waals surface area contributed by atoms with E-state index in [0.717, 1.165) is 22.2 Å². The highest BCUT2D eigenvalue weighted by Crippen LogP contribution is 2.32. The van der Waals surface area contributed by atoms with Gasteiger partial charge >= 0.3 is 5.97 Å². The predicted octanol–water partition coefficient (Wildman–Crippen LogP) is 4.27. The van der Waals surface area contributed by atoms with Crippen LogP contribution in [-0.2, 0) is 0 Å². The number of hydrogen-bond donors (Lipinski definition) is 2. The fourth-order valence-electron chi connectivity index (χ4n) is 2.07. The van der Waals surface area contributed by atoms with Crippen LogP contribution in [0.2, 0.25) is 0 Å². The van der Waals surface area contributed by atoms with E-state index in [-0.39, 0.29) is 5.56 Å². The van der Waals surface area contributed by atoms with Crippen molar-refractivity contribution < 1.29 is 14.6 Å². The number of carboxylic acids is 1. The van der Waals surface area contributed by atoms with Crippen molar-refractivity contribution in [2.24, 2.45) is 5.92 Å². The third kappa shape index (κ3) is 3.68. The summed E-state index contributed by atoms with van der Waals surface area (Å²) in [6.07, 6.45) is 0.982. The molecule has 0 aliphatic carbocycles. The first-order chi connectivity index (χ1) is 10.4. The number of nitrogens with zero attached hydrogens (tertiary/aromatic N) is 1. The number of halogens is 1. The maximum Gasteiger partial charge on any atom is 0.339 e. The summed E-state index contributed by atoms with van der Waals surface area (Å²) in [7, 11) is 0. The highest BCUT2D eigenvalue weighted by molar-refractivity contribution is 9.10. The number of H-pyrrole nitrogens is 1. The molecule has 0 atom stereocenters. The fourth-order valence-corrected chi connectivity index (χ4v) is 2.56. The number of nitrogens with one attached hydrogen (secondary N) is 1. The molecule has 6 heteroatoms. The minimum Gasteiger partial charge on any atom is -0.492 e. The van der Waals surface area contributed by atoms with Crippen LogP contribution in [-0.4, -0.2) is 27.9 Å². The van der Waals surface area contributed by atoms with E-state index >= 15 is 0 Å². The lowest BCUT2D eigenvalue weighted by molar-refractivity contribution is 0.0697. The Bertz CT molecular complexity index is 680. The van der Waals surface area contributed by atoms with Crippen LogP contribution in [0.1, 0.15) is 36.3 Å². The van der Waals surface area contributed by atoms with Crippen molar-refractivity contribution in [3.8, 4) is 17.0 Å². The van der Waals surface area contributed by atoms with Crippen molar-refractivity contribution in [1.82, 2.24) is 10.2 Å². The number of aromatic nitrogens is 2. The van der Waals surface area contributed by atoms with Crippen molar-refractivity contribution in [3.05, 3.63) is 33.9 Å². The molecule has 1 heterocycles. The Balaban J connectivity index is 2.24. The van der Waals surface area contributed by atoms with Gasteiger partial charge in [0.2, 0.25) is 0 Å². The van der Waals surface area contributed by atoms with Gasteiger partial charge < -0.3 is 9.84 Å². The standard InChI is InChI=1S/C16H19BrN2O3/c1-9(2)6-7-22-13-5-4-11(8-12(13)17)15-14(16(20)21)10(3)18-19-15/h4-5,8-9H,6-7H2,1-3H3,(H,18,19)(H,20,21). The second-order valence-corrected chi connectivity index (χ2v) is 6.41. The van der Waals surface area contributed by atoms with E-state index in [1.807, 2.05) is 18.2 Å². The summed E-state index contributed by atoms with van der Waals surface area (Å²) in [5.74, 6) is 0.339. The maximum absolute atomic E-state index is 11.3. The first kappa shape index (κ1) is 16.5. The second kappa shape index (κ2) is 6.96. The van der Waals surface area contributed by atoms with Crippen LogP contribution >= 0.6 is 15.9 Å². The van der Waals surface area contributed by atoms with Gasteiger partial charge in [-0.15, -0.1) is 0 Å². The van der Waals surface area contributed by atoms with Crippen LogP contribution in [0, 0.1) is 12.8 Å². The summed E-state index contributed by atoms with van der Waals surface area (Å²) < 4.78 is 6.51. The zero-order valence-electron chi connectivity index (χ0n) is 12.8. The molecule has 0 radical (unpaired) electrons. The molecule has 0 fully saturated rings. The maximum atomic E-state index is 11.3. The van der Waals surface area contributed by atoms with Gasteiger partial charge in [-0.25, -0.2) is 4.79 Å². The molecular weight excluding hydrogens is 348 g/mol. The topological polar surface area (TPSA) is 75.2 Å². The van der Waals surface area contributed by atoms with Crippen LogP contribution in [0.15, 0.2) is 22.7 Å². The molecule has 2 N–H and O–H groups in total. The van der Waals surface area contributed by atoms with Gasteiger partial charge in [0.25, 0.3) is 0 Å². The van der Waals surface area contributed by atoms with Crippen molar-refractivity contribution in [3.63, 3.8) is 0 Å². The first-order valence-electron chi connectivity index (χ1n) is 7.11. The minimum absolute atomic E-state index is 0.195. The van der Waals surface area contributed by atoms with Gasteiger partial charge in [0.1, 0.15) is 17.0 Å². The molecule has 2 rings (SSSR count). The Morgan fingerprint density at radius 2 is 2.18 bits per heavy atom. The third-order valence-electron chi connectivity index (χ3n) is 3.32. The highest BCUT2D eigenvalue weighted by Gasteiger charge is 2.19. The largest absolute Gasteiger partial charge is 0.492 e. The molecule has 22 heavy (non-hydrogen) atoms. The molecule has 2 aromatic rings. The quantitative estimate of drug-likeness (QED) is 0.800. The molecule has 0 amide bonds. The zero-order valence-corrected chi connectivity index (χ0v) is 14.4. The number of aromatic carboxylic acids is 1. The number of benzene rings is 1. The molecule has 0 saturated carbocycles. The summed E-state index contributed by atoms with van der Waals surface area (Å²) in [5.41, 5.74) is 1.89. The Morgan fingerprint density at radius 1 is 1.45 bits per heavy atom. The molecule has 0 aliphatic rings. The summed E-state index contributed by atoms with van der Waals surface area (Å²) in [5, 5.41) is 16.1. The van der Waals surface area contributed by atoms with E-state index in [4.69, 9.17) is 4.74 Å². The van der Waals surface area contributed by atoms with Gasteiger partial charge in [-0.05, 0) is 53.4 Å². The average Bonchev–Trinajstić information content (AvgIpc) is 2.82. The Hall–Kier alpha value is -1.82. The van der Waals surface area contributed by atoms with Crippen molar-refractivity contribution in [2.45, 2.75) is 27.2 Å². The molecule has 1 aromatic heterocycles. The van der Waals surface area contributed by atoms with Gasteiger partial charge in [0.05, 0.1) is 11.1 Å². The number of aromatic amines is 1. The van der Waals surface area contributed by atoms with Gasteiger partial charge in [0.15, 0.2) is 0 Å². The van der Waals surface area contributed by atoms with Crippen molar-refractivity contribution in [2.75, 3.05) is 6.61 Å². The average molecular weight is 367 g/mol. The molecule has 5 nitrogen and oxygen atoms in total. The zero-order chi connectivity index (χ0) is 16.3. The van der Waals surface area contributed by atoms with Crippen molar-refractivity contribution >= 4 is 21.9 Å². The van der Waals surface area contributed by atoms with Gasteiger partial charge in [-0.3, -0.25) is 5.10 Å². The van der Waals surface area contributed by atoms with E-state index in [2.05, 4.69) is 40.0 Å². The Morgan fingerprint density at radius 3 is 2.77 bits per heavy atom. The van der Waals surface area contributed by atoms with Crippen LogP contribution in [0.25, 0.3) is 11.3 Å². The first-order valence-corrected chi connectivity index (χ1v) is 7.90. The lowest BCUT2D eigenvalue weighted by Gasteiger charge is -2.10. The highest BCUT2D eigenvalue weighted by atomic mass is 79.9. The van der Waals surface area contributed by atoms with E-state index < -0.39 is 5.97 Å². The van der Waals surface area contributed by atoms with Crippen LogP contribution in [0.3, 0.4) is 0 Å². The monoisotopic (exact) mass is 366 g/mol. The smallest absolute Gasteiger partial charge is 0.339 e. The van der Waals surface area contributed by atoms with Crippen molar-refractivity contribution in [1.29, 1.82) is 0 Å². The predicted molar refractivity (Wildman–Crippen MR) is 88.4 cm³/mol. The lowest BCUT2D eigenvalue weighted by Crippen LogP contribution is -2.02. The van der Waals surface area contributed by atoms with E-state index in [9.17, 15) is 9.90 Å². The van der Waals surface area contributed by atoms with Crippen LogP contribution in [0.4, 0.5) is 0 Å². The minimum atomic E-state index is -0.991. The van der Waals surface area contributed by atoms with E-state index in [1.165, 1.54) is 0 Å². The molecule has 118 valence electrons. The number of carbonyl (C=O) groups is 1. The fraction of sp³-hybridized carbons (Fsp3) is 0.375. The second-order valence-electron chi connectivity index (χ2n) is 5.55. The normalized spacial score (nSPS) is 11.0. The number of aryl methyl sites for hydroxylation is 1. The van der Waals surface area contributed by atoms with Gasteiger partial charge in [0, 0.05) is 11.3 Å². The Labute approximate surface area is 137 Å². The number of ether oxygens (including phenoxy) is 1. The molecule has 0 saturated heterocycles. The van der Waals surface area contributed by atoms with Gasteiger partial charge in [-0.2, -0.15) is 5.10 Å². The summed E-state index contributed by atoms with van der Waals surface area (Å²) >= 11 is 3.47. The Kier molecular flexibility index (Phi) is 5.24. The van der Waals surface area contributed by atoms with E-state index in [1.54, 1.807) is 6.92 Å². The number of hydrogen-bond acceptors (Lipinski definition) is 3. The lowest BCUT2D eigenvalue weighted by atomic mass is 10.1. The molecule has 0 aliphatic heterocycles. The third-order valence-corrected chi connectivity index (χ3v) is 3.94. The van der Waals surface area contributed by atoms with E-state index in [0.29, 0.717) is 23.9 Å². The molecule has 1 aromatic carbocycles.